The summed E-state index contributed by atoms with van der Waals surface area (Å²) in [7, 11) is 0. The number of alkyl halides is 2. The molecule has 218 valence electrons. The van der Waals surface area contributed by atoms with Gasteiger partial charge in [-0.2, -0.15) is 9.97 Å². The molecule has 40 heavy (non-hydrogen) atoms. The number of hydrogen-bond acceptors (Lipinski definition) is 7. The van der Waals surface area contributed by atoms with Gasteiger partial charge in [-0.05, 0) is 75.8 Å². The fourth-order valence-corrected chi connectivity index (χ4v) is 6.13. The van der Waals surface area contributed by atoms with Crippen LogP contribution in [0.5, 0.6) is 0 Å². The highest BCUT2D eigenvalue weighted by Gasteiger charge is 2.24. The molecule has 0 bridgehead atoms. The molecule has 2 aliphatic rings. The van der Waals surface area contributed by atoms with Crippen LogP contribution in [0.25, 0.3) is 16.9 Å². The average molecular weight is 577 g/mol. The molecule has 11 heteroatoms. The molecule has 0 N–H and O–H groups in total. The lowest BCUT2D eigenvalue weighted by Crippen LogP contribution is -2.26. The molecule has 0 radical (unpaired) electrons. The van der Waals surface area contributed by atoms with Crippen LogP contribution in [0.1, 0.15) is 75.7 Å². The summed E-state index contributed by atoms with van der Waals surface area (Å²) in [5, 5.41) is 0.141. The van der Waals surface area contributed by atoms with Gasteiger partial charge in [-0.15, -0.1) is 0 Å². The molecule has 2 fully saturated rings. The number of imidazole rings is 1. The molecule has 1 aromatic carbocycles. The number of fused-ring (bicyclic) bond motifs is 1. The van der Waals surface area contributed by atoms with E-state index in [0.29, 0.717) is 42.3 Å². The van der Waals surface area contributed by atoms with Crippen LogP contribution in [0.3, 0.4) is 0 Å². The quantitative estimate of drug-likeness (QED) is 0.150. The number of hydrogen-bond donors (Lipinski definition) is 0. The van der Waals surface area contributed by atoms with E-state index in [1.807, 2.05) is 0 Å². The van der Waals surface area contributed by atoms with Gasteiger partial charge in [0.25, 0.3) is 6.43 Å². The maximum Gasteiger partial charge on any atom is 0.344 e. The smallest absolute Gasteiger partial charge is 0.344 e. The Hall–Kier alpha value is -2.18. The number of benzene rings is 1. The van der Waals surface area contributed by atoms with Crippen molar-refractivity contribution in [3.63, 3.8) is 0 Å². The van der Waals surface area contributed by atoms with Gasteiger partial charge in [-0.3, -0.25) is 4.57 Å². The monoisotopic (exact) mass is 576 g/mol. The Morgan fingerprint density at radius 3 is 2.60 bits per heavy atom. The van der Waals surface area contributed by atoms with E-state index in [4.69, 9.17) is 14.2 Å². The van der Waals surface area contributed by atoms with Gasteiger partial charge in [0.1, 0.15) is 12.1 Å². The van der Waals surface area contributed by atoms with Crippen LogP contribution in [0.2, 0.25) is 0 Å². The predicted octanol–water partition coefficient (Wildman–Crippen LogP) is 5.93. The Labute approximate surface area is 237 Å². The van der Waals surface area contributed by atoms with Crippen LogP contribution in [-0.2, 0) is 31.8 Å². The summed E-state index contributed by atoms with van der Waals surface area (Å²) in [6, 6.07) is 8.68. The van der Waals surface area contributed by atoms with Gasteiger partial charge >= 0.3 is 5.16 Å². The Kier molecular flexibility index (Phi) is 10.4. The molecule has 8 nitrogen and oxygen atoms in total. The minimum absolute atomic E-state index is 0.0712. The number of nitrogens with zero attached hydrogens (tertiary/aromatic N) is 4. The molecule has 1 aliphatic heterocycles. The number of para-hydroxylation sites is 2. The van der Waals surface area contributed by atoms with Crippen LogP contribution in [0.15, 0.2) is 35.5 Å². The third kappa shape index (κ3) is 7.55. The van der Waals surface area contributed by atoms with Gasteiger partial charge in [0.05, 0.1) is 36.0 Å². The van der Waals surface area contributed by atoms with Gasteiger partial charge in [-0.25, -0.2) is 13.8 Å². The molecule has 3 heterocycles. The maximum atomic E-state index is 13.9. The van der Waals surface area contributed by atoms with E-state index in [2.05, 4.69) is 15.0 Å². The van der Waals surface area contributed by atoms with E-state index in [0.717, 1.165) is 64.4 Å². The van der Waals surface area contributed by atoms with Crippen molar-refractivity contribution in [2.75, 3.05) is 26.1 Å². The van der Waals surface area contributed by atoms with Crippen LogP contribution >= 0.6 is 0 Å². The molecule has 0 amide bonds. The summed E-state index contributed by atoms with van der Waals surface area (Å²) in [5.74, 6) is 0.512. The molecule has 3 aromatic rings. The summed E-state index contributed by atoms with van der Waals surface area (Å²) < 4.78 is 58.9. The van der Waals surface area contributed by atoms with Crippen molar-refractivity contribution in [2.45, 2.75) is 88.2 Å². The third-order valence-corrected chi connectivity index (χ3v) is 8.43. The lowest BCUT2D eigenvalue weighted by Gasteiger charge is -2.29. The Morgan fingerprint density at radius 1 is 1.05 bits per heavy atom. The zero-order valence-corrected chi connectivity index (χ0v) is 23.8. The minimum Gasteiger partial charge on any atom is -0.609 e. The zero-order valence-electron chi connectivity index (χ0n) is 23.0. The normalized spacial score (nSPS) is 22.7. The topological polar surface area (TPSA) is 94.4 Å². The first-order valence-electron chi connectivity index (χ1n) is 14.3. The second kappa shape index (κ2) is 14.1. The molecule has 1 saturated heterocycles. The van der Waals surface area contributed by atoms with E-state index < -0.39 is 17.6 Å². The van der Waals surface area contributed by atoms with Gasteiger partial charge < -0.3 is 18.8 Å². The first kappa shape index (κ1) is 29.3. The van der Waals surface area contributed by atoms with E-state index in [1.54, 1.807) is 30.3 Å². The Morgan fingerprint density at radius 2 is 1.85 bits per heavy atom. The van der Waals surface area contributed by atoms with Crippen LogP contribution < -0.4 is 0 Å². The summed E-state index contributed by atoms with van der Waals surface area (Å²) in [5.41, 5.74) is 1.69. The second-order valence-electron chi connectivity index (χ2n) is 10.6. The predicted molar refractivity (Wildman–Crippen MR) is 148 cm³/mol. The number of aryl methyl sites for hydroxylation is 1. The van der Waals surface area contributed by atoms with Crippen LogP contribution in [0.4, 0.5) is 8.78 Å². The number of rotatable bonds is 12. The fraction of sp³-hybridized carbons (Fsp3) is 0.621. The number of halogens is 2. The van der Waals surface area contributed by atoms with Crippen molar-refractivity contribution in [1.29, 1.82) is 0 Å². The van der Waals surface area contributed by atoms with Gasteiger partial charge in [0, 0.05) is 23.8 Å². The van der Waals surface area contributed by atoms with Crippen molar-refractivity contribution in [2.24, 2.45) is 5.92 Å². The van der Waals surface area contributed by atoms with Gasteiger partial charge in [0.2, 0.25) is 0 Å². The molecule has 2 aromatic heterocycles. The SMILES string of the molecule is C[S+]([O-])c1nc(CCC[C@H]2CC[C@H](OCCOC3CCCCO3)CC2)cc(-n2c(C(F)F)nc3ccccc32)n1. The standard InChI is InChI=1S/C29H38F2N4O4S/c1-40(36)29-32-21(19-25(34-29)35-24-10-3-2-9-23(24)33-28(35)27(30)31)8-6-7-20-12-14-22(15-13-20)37-17-18-39-26-11-4-5-16-38-26/h2-3,9-10,19-20,22,26-27H,4-8,11-18H2,1H3/t20-,22-,26?,40?. The van der Waals surface area contributed by atoms with E-state index in [1.165, 1.54) is 10.8 Å². The van der Waals surface area contributed by atoms with Crippen molar-refractivity contribution in [1.82, 2.24) is 19.5 Å². The summed E-state index contributed by atoms with van der Waals surface area (Å²) >= 11 is -1.45. The van der Waals surface area contributed by atoms with Crippen molar-refractivity contribution in [3.8, 4) is 5.82 Å². The third-order valence-electron chi connectivity index (χ3n) is 7.73. The van der Waals surface area contributed by atoms with Gasteiger partial charge in [-0.1, -0.05) is 18.6 Å². The molecule has 2 unspecified atom stereocenters. The minimum atomic E-state index is -2.78. The molecule has 0 spiro atoms. The van der Waals surface area contributed by atoms with E-state index in [-0.39, 0.29) is 29.2 Å². The first-order valence-corrected chi connectivity index (χ1v) is 15.9. The van der Waals surface area contributed by atoms with Crippen molar-refractivity contribution >= 4 is 22.2 Å². The summed E-state index contributed by atoms with van der Waals surface area (Å²) in [6.07, 6.45) is 9.13. The highest BCUT2D eigenvalue weighted by atomic mass is 32.2. The van der Waals surface area contributed by atoms with E-state index >= 15 is 0 Å². The highest BCUT2D eigenvalue weighted by molar-refractivity contribution is 7.90. The van der Waals surface area contributed by atoms with E-state index in [9.17, 15) is 13.3 Å². The molecular formula is C29H38F2N4O4S. The maximum absolute atomic E-state index is 13.9. The van der Waals surface area contributed by atoms with Crippen molar-refractivity contribution in [3.05, 3.63) is 41.9 Å². The Bertz CT molecular complexity index is 1230. The van der Waals surface area contributed by atoms with Crippen molar-refractivity contribution < 1.29 is 27.5 Å². The molecule has 2 atom stereocenters. The molecular weight excluding hydrogens is 538 g/mol. The summed E-state index contributed by atoms with van der Waals surface area (Å²) in [4.78, 5) is 13.0. The van der Waals surface area contributed by atoms with Crippen LogP contribution in [-0.4, -0.2) is 62.5 Å². The fourth-order valence-electron chi connectivity index (χ4n) is 5.66. The largest absolute Gasteiger partial charge is 0.609 e. The molecule has 5 rings (SSSR count). The molecule has 1 aliphatic carbocycles. The highest BCUT2D eigenvalue weighted by Crippen LogP contribution is 2.31. The average Bonchev–Trinajstić information content (AvgIpc) is 3.37. The molecule has 1 saturated carbocycles. The second-order valence-corrected chi connectivity index (χ2v) is 11.9. The van der Waals surface area contributed by atoms with Gasteiger partial charge in [0.15, 0.2) is 12.1 Å². The lowest BCUT2D eigenvalue weighted by atomic mass is 9.84. The lowest BCUT2D eigenvalue weighted by molar-refractivity contribution is -0.172. The summed E-state index contributed by atoms with van der Waals surface area (Å²) in [6.45, 7) is 1.96. The first-order chi connectivity index (χ1) is 19.5. The zero-order chi connectivity index (χ0) is 27.9. The Balaban J connectivity index is 1.14. The van der Waals surface area contributed by atoms with Crippen LogP contribution in [0, 0.1) is 5.92 Å². The number of ether oxygens (including phenoxy) is 3. The number of aromatic nitrogens is 4.